The molecule has 0 aliphatic heterocycles. The molecule has 0 aliphatic rings. The van der Waals surface area contributed by atoms with Crippen LogP contribution >= 0.6 is 11.8 Å². The van der Waals surface area contributed by atoms with Crippen LogP contribution in [0.15, 0.2) is 35.2 Å². The molecule has 0 saturated carbocycles. The number of halogens is 2. The van der Waals surface area contributed by atoms with Crippen molar-refractivity contribution in [3.05, 3.63) is 64.2 Å². The Morgan fingerprint density at radius 2 is 1.77 bits per heavy atom. The lowest BCUT2D eigenvalue weighted by Crippen LogP contribution is -1.91. The van der Waals surface area contributed by atoms with Gasteiger partial charge >= 0.3 is 0 Å². The SMILES string of the molecule is CCc1cc(C)ccc1C#Cc1cc(F)c(SC#N)c(F)c1. The lowest BCUT2D eigenvalue weighted by atomic mass is 10.0. The number of aryl methyl sites for hydroxylation is 2. The standard InChI is InChI=1S/C18H13F2NS/c1-3-14-8-12(2)4-6-15(14)7-5-13-9-16(19)18(22-11-21)17(20)10-13/h4,6,8-10H,3H2,1-2H3. The van der Waals surface area contributed by atoms with Crippen LogP contribution in [-0.2, 0) is 6.42 Å². The molecule has 0 N–H and O–H groups in total. The van der Waals surface area contributed by atoms with Gasteiger partial charge in [-0.05, 0) is 48.9 Å². The van der Waals surface area contributed by atoms with E-state index in [2.05, 4.69) is 17.9 Å². The van der Waals surface area contributed by atoms with Crippen molar-refractivity contribution in [2.45, 2.75) is 25.2 Å². The molecule has 2 rings (SSSR count). The molecule has 0 unspecified atom stereocenters. The molecule has 0 atom stereocenters. The molecule has 110 valence electrons. The van der Waals surface area contributed by atoms with E-state index in [9.17, 15) is 8.78 Å². The van der Waals surface area contributed by atoms with Crippen LogP contribution in [0.4, 0.5) is 8.78 Å². The van der Waals surface area contributed by atoms with Gasteiger partial charge in [0.25, 0.3) is 0 Å². The summed E-state index contributed by atoms with van der Waals surface area (Å²) < 4.78 is 27.5. The molecule has 0 aromatic heterocycles. The Labute approximate surface area is 133 Å². The van der Waals surface area contributed by atoms with Crippen molar-refractivity contribution in [2.75, 3.05) is 0 Å². The van der Waals surface area contributed by atoms with E-state index < -0.39 is 11.6 Å². The maximum absolute atomic E-state index is 13.7. The third-order valence-corrected chi connectivity index (χ3v) is 3.81. The molecule has 0 heterocycles. The number of thioether (sulfide) groups is 1. The largest absolute Gasteiger partial charge is 0.206 e. The number of hydrogen-bond donors (Lipinski definition) is 0. The summed E-state index contributed by atoms with van der Waals surface area (Å²) in [5.74, 6) is 4.21. The second kappa shape index (κ2) is 7.11. The third kappa shape index (κ3) is 3.67. The summed E-state index contributed by atoms with van der Waals surface area (Å²) in [7, 11) is 0. The van der Waals surface area contributed by atoms with Gasteiger partial charge in [-0.3, -0.25) is 0 Å². The fraction of sp³-hybridized carbons (Fsp3) is 0.167. The van der Waals surface area contributed by atoms with Crippen LogP contribution < -0.4 is 0 Å². The second-order valence-corrected chi connectivity index (χ2v) is 5.52. The van der Waals surface area contributed by atoms with Crippen LogP contribution in [0.1, 0.15) is 29.2 Å². The highest BCUT2D eigenvalue weighted by Gasteiger charge is 2.11. The van der Waals surface area contributed by atoms with E-state index in [0.717, 1.165) is 35.2 Å². The highest BCUT2D eigenvalue weighted by molar-refractivity contribution is 8.03. The first-order valence-electron chi connectivity index (χ1n) is 6.71. The molecule has 1 nitrogen and oxygen atoms in total. The van der Waals surface area contributed by atoms with E-state index in [4.69, 9.17) is 5.26 Å². The Kier molecular flexibility index (Phi) is 5.20. The van der Waals surface area contributed by atoms with Crippen molar-refractivity contribution >= 4 is 11.8 Å². The van der Waals surface area contributed by atoms with Crippen molar-refractivity contribution in [3.8, 4) is 17.2 Å². The minimum atomic E-state index is -0.768. The topological polar surface area (TPSA) is 23.8 Å². The van der Waals surface area contributed by atoms with Crippen LogP contribution in [0.2, 0.25) is 0 Å². The van der Waals surface area contributed by atoms with Crippen LogP contribution in [0.3, 0.4) is 0 Å². The van der Waals surface area contributed by atoms with Gasteiger partial charge in [-0.1, -0.05) is 36.5 Å². The summed E-state index contributed by atoms with van der Waals surface area (Å²) in [5.41, 5.74) is 3.35. The van der Waals surface area contributed by atoms with E-state index in [1.807, 2.05) is 26.0 Å². The van der Waals surface area contributed by atoms with E-state index in [-0.39, 0.29) is 10.5 Å². The summed E-state index contributed by atoms with van der Waals surface area (Å²) in [6.45, 7) is 4.04. The fourth-order valence-electron chi connectivity index (χ4n) is 2.05. The van der Waals surface area contributed by atoms with Crippen molar-refractivity contribution in [1.29, 1.82) is 5.26 Å². The van der Waals surface area contributed by atoms with Gasteiger partial charge in [0, 0.05) is 11.1 Å². The smallest absolute Gasteiger partial charge is 0.142 e. The van der Waals surface area contributed by atoms with Gasteiger partial charge in [0.05, 0.1) is 4.90 Å². The first-order valence-corrected chi connectivity index (χ1v) is 7.53. The van der Waals surface area contributed by atoms with E-state index in [1.54, 1.807) is 5.40 Å². The summed E-state index contributed by atoms with van der Waals surface area (Å²) in [4.78, 5) is -0.294. The van der Waals surface area contributed by atoms with E-state index >= 15 is 0 Å². The van der Waals surface area contributed by atoms with E-state index in [1.165, 1.54) is 0 Å². The number of rotatable bonds is 2. The average molecular weight is 313 g/mol. The Hall–Kier alpha value is -2.30. The second-order valence-electron chi connectivity index (χ2n) is 4.73. The molecule has 0 saturated heterocycles. The minimum absolute atomic E-state index is 0.250. The fourth-order valence-corrected chi connectivity index (χ4v) is 2.46. The zero-order valence-electron chi connectivity index (χ0n) is 12.2. The zero-order valence-corrected chi connectivity index (χ0v) is 13.0. The lowest BCUT2D eigenvalue weighted by Gasteiger charge is -2.03. The van der Waals surface area contributed by atoms with Crippen LogP contribution in [-0.4, -0.2) is 0 Å². The Morgan fingerprint density at radius 3 is 2.36 bits per heavy atom. The molecule has 0 radical (unpaired) electrons. The van der Waals surface area contributed by atoms with Crippen molar-refractivity contribution in [1.82, 2.24) is 0 Å². The maximum Gasteiger partial charge on any atom is 0.142 e. The molecular weight excluding hydrogens is 300 g/mol. The molecule has 0 spiro atoms. The summed E-state index contributed by atoms with van der Waals surface area (Å²) >= 11 is 0.467. The van der Waals surface area contributed by atoms with Gasteiger partial charge in [-0.2, -0.15) is 5.26 Å². The Morgan fingerprint density at radius 1 is 1.09 bits per heavy atom. The summed E-state index contributed by atoms with van der Waals surface area (Å²) in [5, 5.41) is 10.2. The number of hydrogen-bond acceptors (Lipinski definition) is 2. The van der Waals surface area contributed by atoms with Crippen LogP contribution in [0.5, 0.6) is 0 Å². The minimum Gasteiger partial charge on any atom is -0.206 e. The molecule has 0 aliphatic carbocycles. The molecular formula is C18H13F2NS. The first-order chi connectivity index (χ1) is 10.5. The van der Waals surface area contributed by atoms with Gasteiger partial charge in [-0.15, -0.1) is 0 Å². The average Bonchev–Trinajstić information content (AvgIpc) is 2.49. The first kappa shape index (κ1) is 16.1. The normalized spacial score (nSPS) is 9.77. The van der Waals surface area contributed by atoms with Crippen molar-refractivity contribution in [3.63, 3.8) is 0 Å². The highest BCUT2D eigenvalue weighted by atomic mass is 32.2. The van der Waals surface area contributed by atoms with Crippen LogP contribution in [0.25, 0.3) is 0 Å². The highest BCUT2D eigenvalue weighted by Crippen LogP contribution is 2.25. The summed E-state index contributed by atoms with van der Waals surface area (Å²) in [6, 6.07) is 8.22. The number of benzene rings is 2. The molecule has 0 fully saturated rings. The maximum atomic E-state index is 13.7. The lowest BCUT2D eigenvalue weighted by molar-refractivity contribution is 0.540. The number of nitriles is 1. The van der Waals surface area contributed by atoms with Gasteiger partial charge in [0.2, 0.25) is 0 Å². The van der Waals surface area contributed by atoms with Crippen LogP contribution in [0, 0.1) is 41.1 Å². The van der Waals surface area contributed by atoms with Gasteiger partial charge in [-0.25, -0.2) is 8.78 Å². The van der Waals surface area contributed by atoms with Gasteiger partial charge < -0.3 is 0 Å². The quantitative estimate of drug-likeness (QED) is 0.451. The Bertz CT molecular complexity index is 787. The molecule has 2 aromatic rings. The summed E-state index contributed by atoms with van der Waals surface area (Å²) in [6.07, 6.45) is 0.839. The third-order valence-electron chi connectivity index (χ3n) is 3.13. The van der Waals surface area contributed by atoms with E-state index in [0.29, 0.717) is 11.8 Å². The molecule has 0 bridgehead atoms. The van der Waals surface area contributed by atoms with Crippen molar-refractivity contribution in [2.24, 2.45) is 0 Å². The van der Waals surface area contributed by atoms with Crippen molar-refractivity contribution < 1.29 is 8.78 Å². The zero-order chi connectivity index (χ0) is 16.1. The predicted octanol–water partition coefficient (Wildman–Crippen LogP) is 4.81. The monoisotopic (exact) mass is 313 g/mol. The number of thiocyanates is 1. The molecule has 22 heavy (non-hydrogen) atoms. The molecule has 2 aromatic carbocycles. The molecule has 0 amide bonds. The number of nitrogens with zero attached hydrogens (tertiary/aromatic N) is 1. The molecule has 4 heteroatoms. The Balaban J connectivity index is 2.39. The van der Waals surface area contributed by atoms with Gasteiger partial charge in [0.15, 0.2) is 0 Å². The van der Waals surface area contributed by atoms with Gasteiger partial charge in [0.1, 0.15) is 17.0 Å². The predicted molar refractivity (Wildman–Crippen MR) is 84.4 cm³/mol.